The van der Waals surface area contributed by atoms with Gasteiger partial charge in [0.2, 0.25) is 10.0 Å². The number of nitrogens with one attached hydrogen (secondary N) is 1. The quantitative estimate of drug-likeness (QED) is 0.666. The first-order chi connectivity index (χ1) is 11.0. The zero-order valence-electron chi connectivity index (χ0n) is 12.8. The average Bonchev–Trinajstić information content (AvgIpc) is 3.09. The van der Waals surface area contributed by atoms with Crippen molar-refractivity contribution in [2.75, 3.05) is 19.6 Å². The Morgan fingerprint density at radius 1 is 1.17 bits per heavy atom. The van der Waals surface area contributed by atoms with Crippen LogP contribution in [0.4, 0.5) is 5.69 Å². The number of hydrogen-bond donors (Lipinski definition) is 1. The highest BCUT2D eigenvalue weighted by Crippen LogP contribution is 2.32. The Kier molecular flexibility index (Phi) is 4.65. The molecule has 7 nitrogen and oxygen atoms in total. The van der Waals surface area contributed by atoms with E-state index in [2.05, 4.69) is 5.32 Å². The maximum atomic E-state index is 13.0. The first kappa shape index (κ1) is 16.4. The van der Waals surface area contributed by atoms with E-state index in [0.717, 1.165) is 38.8 Å². The molecule has 1 N–H and O–H groups in total. The van der Waals surface area contributed by atoms with Crippen LogP contribution in [-0.2, 0) is 10.0 Å². The van der Waals surface area contributed by atoms with Crippen molar-refractivity contribution in [3.05, 3.63) is 34.4 Å². The molecular formula is C15H21N3O4S. The monoisotopic (exact) mass is 339 g/mol. The summed E-state index contributed by atoms with van der Waals surface area (Å²) in [5, 5.41) is 14.0. The van der Waals surface area contributed by atoms with Crippen molar-refractivity contribution >= 4 is 15.7 Å². The van der Waals surface area contributed by atoms with Crippen LogP contribution in [0.1, 0.15) is 25.7 Å². The van der Waals surface area contributed by atoms with Gasteiger partial charge in [0, 0.05) is 24.7 Å². The fourth-order valence-corrected chi connectivity index (χ4v) is 5.34. The van der Waals surface area contributed by atoms with E-state index < -0.39 is 14.9 Å². The van der Waals surface area contributed by atoms with E-state index >= 15 is 0 Å². The number of sulfonamides is 1. The Morgan fingerprint density at radius 2 is 1.91 bits per heavy atom. The van der Waals surface area contributed by atoms with Crippen LogP contribution >= 0.6 is 0 Å². The minimum atomic E-state index is -3.61. The summed E-state index contributed by atoms with van der Waals surface area (Å²) in [6, 6.07) is 5.21. The molecule has 1 aromatic carbocycles. The first-order valence-electron chi connectivity index (χ1n) is 7.97. The molecule has 0 radical (unpaired) electrons. The van der Waals surface area contributed by atoms with Crippen LogP contribution in [0, 0.1) is 16.0 Å². The van der Waals surface area contributed by atoms with Gasteiger partial charge < -0.3 is 5.32 Å². The standard InChI is InChI=1S/C15H21N3O4S/c19-18(20)13-4-6-14(7-5-13)23(21,22)17-10-2-1-3-15(17)12-8-9-16-11-12/h4-7,12,15-16H,1-3,8-11H2. The first-order valence-corrected chi connectivity index (χ1v) is 9.41. The van der Waals surface area contributed by atoms with Crippen LogP contribution in [-0.4, -0.2) is 43.3 Å². The molecular weight excluding hydrogens is 318 g/mol. The fraction of sp³-hybridized carbons (Fsp3) is 0.600. The van der Waals surface area contributed by atoms with Gasteiger partial charge in [-0.05, 0) is 50.4 Å². The second kappa shape index (κ2) is 6.54. The zero-order chi connectivity index (χ0) is 16.4. The summed E-state index contributed by atoms with van der Waals surface area (Å²) in [7, 11) is -3.61. The SMILES string of the molecule is O=[N+]([O-])c1ccc(S(=O)(=O)N2CCCCC2C2CCNC2)cc1. The molecule has 2 saturated heterocycles. The van der Waals surface area contributed by atoms with Crippen LogP contribution < -0.4 is 5.32 Å². The van der Waals surface area contributed by atoms with E-state index in [-0.39, 0.29) is 16.6 Å². The molecule has 2 aliphatic rings. The topological polar surface area (TPSA) is 92.5 Å². The lowest BCUT2D eigenvalue weighted by Crippen LogP contribution is -2.47. The van der Waals surface area contributed by atoms with E-state index in [1.54, 1.807) is 4.31 Å². The maximum Gasteiger partial charge on any atom is 0.269 e. The van der Waals surface area contributed by atoms with Crippen LogP contribution in [0.25, 0.3) is 0 Å². The molecule has 0 aromatic heterocycles. The van der Waals surface area contributed by atoms with Gasteiger partial charge in [-0.3, -0.25) is 10.1 Å². The summed E-state index contributed by atoms with van der Waals surface area (Å²) in [6.45, 7) is 2.32. The van der Waals surface area contributed by atoms with Crippen molar-refractivity contribution in [3.63, 3.8) is 0 Å². The average molecular weight is 339 g/mol. The molecule has 2 fully saturated rings. The molecule has 1 aromatic rings. The summed E-state index contributed by atoms with van der Waals surface area (Å²) >= 11 is 0. The second-order valence-corrected chi connectivity index (χ2v) is 8.07. The third-order valence-corrected chi connectivity index (χ3v) is 6.73. The smallest absolute Gasteiger partial charge is 0.269 e. The highest BCUT2D eigenvalue weighted by molar-refractivity contribution is 7.89. The Hall–Kier alpha value is -1.51. The van der Waals surface area contributed by atoms with E-state index in [4.69, 9.17) is 0 Å². The Labute approximate surface area is 135 Å². The van der Waals surface area contributed by atoms with E-state index in [1.165, 1.54) is 24.3 Å². The van der Waals surface area contributed by atoms with Crippen molar-refractivity contribution in [1.29, 1.82) is 0 Å². The summed E-state index contributed by atoms with van der Waals surface area (Å²) in [5.74, 6) is 0.350. The summed E-state index contributed by atoms with van der Waals surface area (Å²) in [4.78, 5) is 10.3. The summed E-state index contributed by atoms with van der Waals surface area (Å²) < 4.78 is 27.6. The molecule has 0 spiro atoms. The minimum Gasteiger partial charge on any atom is -0.316 e. The molecule has 0 amide bonds. The fourth-order valence-electron chi connectivity index (χ4n) is 3.58. The maximum absolute atomic E-state index is 13.0. The third-order valence-electron chi connectivity index (χ3n) is 4.80. The lowest BCUT2D eigenvalue weighted by atomic mass is 9.91. The van der Waals surface area contributed by atoms with Crippen molar-refractivity contribution < 1.29 is 13.3 Å². The van der Waals surface area contributed by atoms with Crippen molar-refractivity contribution in [2.45, 2.75) is 36.6 Å². The normalized spacial score (nSPS) is 26.3. The predicted molar refractivity (Wildman–Crippen MR) is 85.6 cm³/mol. The molecule has 8 heteroatoms. The number of benzene rings is 1. The molecule has 2 aliphatic heterocycles. The second-order valence-electron chi connectivity index (χ2n) is 6.18. The largest absolute Gasteiger partial charge is 0.316 e. The van der Waals surface area contributed by atoms with Crippen molar-refractivity contribution in [1.82, 2.24) is 9.62 Å². The summed E-state index contributed by atoms with van der Waals surface area (Å²) in [5.41, 5.74) is -0.0980. The number of nitrogens with zero attached hydrogens (tertiary/aromatic N) is 2. The summed E-state index contributed by atoms with van der Waals surface area (Å²) in [6.07, 6.45) is 3.80. The number of non-ortho nitro benzene ring substituents is 1. The van der Waals surface area contributed by atoms with Gasteiger partial charge in [0.25, 0.3) is 5.69 Å². The number of nitro benzene ring substituents is 1. The molecule has 3 rings (SSSR count). The van der Waals surface area contributed by atoms with Crippen molar-refractivity contribution in [3.8, 4) is 0 Å². The molecule has 0 saturated carbocycles. The minimum absolute atomic E-state index is 0.0268. The van der Waals surface area contributed by atoms with Gasteiger partial charge in [-0.2, -0.15) is 4.31 Å². The number of nitro groups is 1. The highest BCUT2D eigenvalue weighted by Gasteiger charge is 2.38. The van der Waals surface area contributed by atoms with Gasteiger partial charge in [-0.15, -0.1) is 0 Å². The van der Waals surface area contributed by atoms with Crippen LogP contribution in [0.5, 0.6) is 0 Å². The van der Waals surface area contributed by atoms with Gasteiger partial charge in [0.15, 0.2) is 0 Å². The molecule has 2 unspecified atom stereocenters. The Morgan fingerprint density at radius 3 is 2.52 bits per heavy atom. The third kappa shape index (κ3) is 3.24. The van der Waals surface area contributed by atoms with E-state index in [1.807, 2.05) is 0 Å². The number of piperidine rings is 1. The number of rotatable bonds is 4. The molecule has 23 heavy (non-hydrogen) atoms. The predicted octanol–water partition coefficient (Wildman–Crippen LogP) is 1.75. The van der Waals surface area contributed by atoms with Crippen LogP contribution in [0.2, 0.25) is 0 Å². The van der Waals surface area contributed by atoms with Crippen molar-refractivity contribution in [2.24, 2.45) is 5.92 Å². The molecule has 2 atom stereocenters. The van der Waals surface area contributed by atoms with Gasteiger partial charge >= 0.3 is 0 Å². The highest BCUT2D eigenvalue weighted by atomic mass is 32.2. The Balaban J connectivity index is 1.88. The Bertz CT molecular complexity index is 668. The lowest BCUT2D eigenvalue weighted by molar-refractivity contribution is -0.384. The van der Waals surface area contributed by atoms with Gasteiger partial charge in [0.05, 0.1) is 9.82 Å². The molecule has 126 valence electrons. The lowest BCUT2D eigenvalue weighted by Gasteiger charge is -2.38. The van der Waals surface area contributed by atoms with Gasteiger partial charge in [-0.25, -0.2) is 8.42 Å². The zero-order valence-corrected chi connectivity index (χ0v) is 13.7. The van der Waals surface area contributed by atoms with Gasteiger partial charge in [-0.1, -0.05) is 6.42 Å². The molecule has 0 bridgehead atoms. The van der Waals surface area contributed by atoms with E-state index in [9.17, 15) is 18.5 Å². The van der Waals surface area contributed by atoms with E-state index in [0.29, 0.717) is 12.5 Å². The van der Waals surface area contributed by atoms with Crippen LogP contribution in [0.15, 0.2) is 29.2 Å². The van der Waals surface area contributed by atoms with Gasteiger partial charge in [0.1, 0.15) is 0 Å². The number of hydrogen-bond acceptors (Lipinski definition) is 5. The molecule has 2 heterocycles. The molecule has 0 aliphatic carbocycles. The van der Waals surface area contributed by atoms with Crippen LogP contribution in [0.3, 0.4) is 0 Å².